The third-order valence-electron chi connectivity index (χ3n) is 6.60. The number of nitrogens with one attached hydrogen (secondary N) is 2. The standard InChI is InChI=1S/C26H31F3N4O5/c27-26(28,29)18-1-3-19(4-2-18)32-25(36)33-14-20(34)15-37-16-23-22(33)6-5-21(38-23)13-24(35)31-12-9-17-7-10-30-11-8-17/h1-4,7-8,10-11,20-23,34H,5-6,9,12-16H2,(H,31,35)(H,32,36)/t20-,21-,22-,23+/m1/s1. The lowest BCUT2D eigenvalue weighted by atomic mass is 9.95. The SMILES string of the molecule is O=C(C[C@H]1CC[C@@H]2[C@H](COC[C@H](O)CN2C(=O)Nc2ccc(C(F)(F)F)cc2)O1)NCCc1ccncc1. The van der Waals surface area contributed by atoms with Gasteiger partial charge in [0.15, 0.2) is 0 Å². The fraction of sp³-hybridized carbons (Fsp3) is 0.500. The van der Waals surface area contributed by atoms with E-state index in [1.54, 1.807) is 12.4 Å². The molecule has 0 bridgehead atoms. The number of fused-ring (bicyclic) bond motifs is 1. The van der Waals surface area contributed by atoms with Crippen LogP contribution >= 0.6 is 0 Å². The molecule has 4 rings (SSSR count). The lowest BCUT2D eigenvalue weighted by Gasteiger charge is -2.44. The quantitative estimate of drug-likeness (QED) is 0.523. The molecule has 2 aliphatic heterocycles. The van der Waals surface area contributed by atoms with Crippen molar-refractivity contribution in [1.29, 1.82) is 0 Å². The summed E-state index contributed by atoms with van der Waals surface area (Å²) in [5, 5.41) is 15.8. The molecule has 2 saturated heterocycles. The third-order valence-corrected chi connectivity index (χ3v) is 6.60. The van der Waals surface area contributed by atoms with Crippen LogP contribution in [0.1, 0.15) is 30.4 Å². The predicted molar refractivity (Wildman–Crippen MR) is 131 cm³/mol. The van der Waals surface area contributed by atoms with Gasteiger partial charge in [-0.25, -0.2) is 4.79 Å². The van der Waals surface area contributed by atoms with E-state index in [0.717, 1.165) is 17.7 Å². The Kier molecular flexibility index (Phi) is 9.18. The van der Waals surface area contributed by atoms with Gasteiger partial charge in [-0.3, -0.25) is 9.78 Å². The summed E-state index contributed by atoms with van der Waals surface area (Å²) in [6, 6.07) is 6.94. The maximum Gasteiger partial charge on any atom is 0.416 e. The number of hydrogen-bond donors (Lipinski definition) is 3. The zero-order chi connectivity index (χ0) is 27.1. The topological polar surface area (TPSA) is 113 Å². The van der Waals surface area contributed by atoms with Crippen LogP contribution in [0.15, 0.2) is 48.8 Å². The summed E-state index contributed by atoms with van der Waals surface area (Å²) >= 11 is 0. The number of halogens is 3. The minimum absolute atomic E-state index is 0.00318. The number of nitrogens with zero attached hydrogens (tertiary/aromatic N) is 2. The van der Waals surface area contributed by atoms with Crippen molar-refractivity contribution in [3.8, 4) is 0 Å². The van der Waals surface area contributed by atoms with Gasteiger partial charge >= 0.3 is 12.2 Å². The van der Waals surface area contributed by atoms with E-state index in [1.165, 1.54) is 17.0 Å². The fourth-order valence-corrected chi connectivity index (χ4v) is 4.69. The van der Waals surface area contributed by atoms with Crippen molar-refractivity contribution in [3.63, 3.8) is 0 Å². The molecule has 4 atom stereocenters. The molecule has 1 aromatic heterocycles. The normalized spacial score (nSPS) is 24.1. The average molecular weight is 537 g/mol. The summed E-state index contributed by atoms with van der Waals surface area (Å²) in [5.74, 6) is -0.137. The number of β-amino-alcohol motifs (C(OH)–C–C–N with tert-alkyl or cyclic N) is 1. The molecule has 206 valence electrons. The summed E-state index contributed by atoms with van der Waals surface area (Å²) in [6.45, 7) is 0.584. The second-order valence-electron chi connectivity index (χ2n) is 9.45. The Balaban J connectivity index is 1.33. The van der Waals surface area contributed by atoms with Gasteiger partial charge in [-0.15, -0.1) is 0 Å². The van der Waals surface area contributed by atoms with Crippen LogP contribution < -0.4 is 10.6 Å². The van der Waals surface area contributed by atoms with Gasteiger partial charge < -0.3 is 30.1 Å². The number of hydrogen-bond acceptors (Lipinski definition) is 6. The van der Waals surface area contributed by atoms with Gasteiger partial charge in [0.05, 0.1) is 50.0 Å². The Morgan fingerprint density at radius 1 is 1.08 bits per heavy atom. The molecular weight excluding hydrogens is 505 g/mol. The van der Waals surface area contributed by atoms with Crippen LogP contribution in [0.4, 0.5) is 23.7 Å². The van der Waals surface area contributed by atoms with Gasteiger partial charge in [0.2, 0.25) is 5.91 Å². The van der Waals surface area contributed by atoms with E-state index in [2.05, 4.69) is 15.6 Å². The minimum atomic E-state index is -4.48. The molecule has 0 radical (unpaired) electrons. The largest absolute Gasteiger partial charge is 0.416 e. The van der Waals surface area contributed by atoms with Gasteiger partial charge in [0.1, 0.15) is 6.10 Å². The van der Waals surface area contributed by atoms with Gasteiger partial charge in [-0.2, -0.15) is 13.2 Å². The van der Waals surface area contributed by atoms with Crippen LogP contribution in [0.2, 0.25) is 0 Å². The van der Waals surface area contributed by atoms with Gasteiger partial charge in [-0.1, -0.05) is 0 Å². The molecule has 0 unspecified atom stereocenters. The van der Waals surface area contributed by atoms with Crippen LogP contribution in [0.3, 0.4) is 0 Å². The Bertz CT molecular complexity index is 1070. The van der Waals surface area contributed by atoms with Crippen molar-refractivity contribution >= 4 is 17.6 Å². The van der Waals surface area contributed by atoms with E-state index in [0.29, 0.717) is 25.8 Å². The summed E-state index contributed by atoms with van der Waals surface area (Å²) in [5.41, 5.74) is 0.452. The Hall–Kier alpha value is -3.22. The van der Waals surface area contributed by atoms with E-state index in [-0.39, 0.29) is 43.9 Å². The molecule has 3 N–H and O–H groups in total. The van der Waals surface area contributed by atoms with Crippen molar-refractivity contribution in [2.24, 2.45) is 0 Å². The maximum absolute atomic E-state index is 13.1. The van der Waals surface area contributed by atoms with Gasteiger partial charge in [-0.05, 0) is 61.2 Å². The van der Waals surface area contributed by atoms with E-state index in [1.807, 2.05) is 12.1 Å². The summed E-state index contributed by atoms with van der Waals surface area (Å²) in [7, 11) is 0. The molecular formula is C26H31F3N4O5. The first-order valence-electron chi connectivity index (χ1n) is 12.5. The lowest BCUT2D eigenvalue weighted by Crippen LogP contribution is -2.58. The number of aromatic nitrogens is 1. The molecule has 0 spiro atoms. The molecule has 2 aliphatic rings. The molecule has 12 heteroatoms. The number of urea groups is 1. The number of aliphatic hydroxyl groups excluding tert-OH is 1. The molecule has 3 amide bonds. The minimum Gasteiger partial charge on any atom is -0.389 e. The molecule has 1 aromatic carbocycles. The zero-order valence-electron chi connectivity index (χ0n) is 20.7. The number of carbonyl (C=O) groups is 2. The van der Waals surface area contributed by atoms with Crippen molar-refractivity contribution < 1.29 is 37.3 Å². The van der Waals surface area contributed by atoms with E-state index < -0.39 is 36.0 Å². The highest BCUT2D eigenvalue weighted by Crippen LogP contribution is 2.31. The van der Waals surface area contributed by atoms with E-state index in [4.69, 9.17) is 9.47 Å². The molecule has 0 aliphatic carbocycles. The summed E-state index contributed by atoms with van der Waals surface area (Å²) in [4.78, 5) is 31.0. The van der Waals surface area contributed by atoms with Crippen LogP contribution in [0.5, 0.6) is 0 Å². The first-order chi connectivity index (χ1) is 18.2. The summed E-state index contributed by atoms with van der Waals surface area (Å²) < 4.78 is 50.3. The van der Waals surface area contributed by atoms with Crippen molar-refractivity contribution in [1.82, 2.24) is 15.2 Å². The second kappa shape index (κ2) is 12.5. The fourth-order valence-electron chi connectivity index (χ4n) is 4.69. The Morgan fingerprint density at radius 2 is 1.82 bits per heavy atom. The first-order valence-corrected chi connectivity index (χ1v) is 12.5. The molecule has 9 nitrogen and oxygen atoms in total. The van der Waals surface area contributed by atoms with E-state index in [9.17, 15) is 27.9 Å². The lowest BCUT2D eigenvalue weighted by molar-refractivity contribution is -0.149. The van der Waals surface area contributed by atoms with Crippen molar-refractivity contribution in [2.75, 3.05) is 31.6 Å². The van der Waals surface area contributed by atoms with E-state index >= 15 is 0 Å². The number of benzene rings is 1. The number of ether oxygens (including phenoxy) is 2. The number of aliphatic hydroxyl groups is 1. The van der Waals surface area contributed by atoms with Crippen LogP contribution in [-0.2, 0) is 26.9 Å². The number of amides is 3. The third kappa shape index (κ3) is 7.65. The number of anilines is 1. The van der Waals surface area contributed by atoms with Crippen molar-refractivity contribution in [2.45, 2.75) is 56.2 Å². The van der Waals surface area contributed by atoms with Crippen molar-refractivity contribution in [3.05, 3.63) is 59.9 Å². The molecule has 3 heterocycles. The molecule has 0 saturated carbocycles. The Morgan fingerprint density at radius 3 is 2.53 bits per heavy atom. The Labute approximate surface area is 218 Å². The van der Waals surface area contributed by atoms with Gasteiger partial charge in [0.25, 0.3) is 0 Å². The zero-order valence-corrected chi connectivity index (χ0v) is 20.7. The van der Waals surface area contributed by atoms with Crippen LogP contribution in [0, 0.1) is 0 Å². The molecule has 2 aromatic rings. The summed E-state index contributed by atoms with van der Waals surface area (Å²) in [6.07, 6.45) is -1.01. The molecule has 38 heavy (non-hydrogen) atoms. The smallest absolute Gasteiger partial charge is 0.389 e. The number of carbonyl (C=O) groups excluding carboxylic acids is 2. The van der Waals surface area contributed by atoms with Gasteiger partial charge in [0, 0.05) is 24.6 Å². The average Bonchev–Trinajstić information content (AvgIpc) is 2.87. The highest BCUT2D eigenvalue weighted by Gasteiger charge is 2.40. The number of rotatable bonds is 6. The highest BCUT2D eigenvalue weighted by atomic mass is 19.4. The van der Waals surface area contributed by atoms with Crippen LogP contribution in [-0.4, -0.2) is 77.6 Å². The maximum atomic E-state index is 13.1. The first kappa shape index (κ1) is 27.8. The predicted octanol–water partition coefficient (Wildman–Crippen LogP) is 2.99. The number of pyridine rings is 1. The monoisotopic (exact) mass is 536 g/mol. The number of alkyl halides is 3. The highest BCUT2D eigenvalue weighted by molar-refractivity contribution is 5.89. The molecule has 2 fully saturated rings. The van der Waals surface area contributed by atoms with Crippen LogP contribution in [0.25, 0.3) is 0 Å². The second-order valence-corrected chi connectivity index (χ2v) is 9.45.